The van der Waals surface area contributed by atoms with E-state index in [4.69, 9.17) is 10.8 Å². The zero-order valence-corrected chi connectivity index (χ0v) is 6.41. The molecule has 0 saturated heterocycles. The number of hydrogen-bond acceptors (Lipinski definition) is 2. The van der Waals surface area contributed by atoms with E-state index >= 15 is 0 Å². The van der Waals surface area contributed by atoms with Gasteiger partial charge in [0.2, 0.25) is 0 Å². The Hall–Kier alpha value is -1.44. The van der Waals surface area contributed by atoms with Gasteiger partial charge in [0.25, 0.3) is 0 Å². The van der Waals surface area contributed by atoms with Crippen LogP contribution < -0.4 is 5.73 Å². The van der Waals surface area contributed by atoms with Gasteiger partial charge in [-0.2, -0.15) is 0 Å². The topological polar surface area (TPSA) is 46.2 Å². The van der Waals surface area contributed by atoms with Crippen molar-refractivity contribution in [3.63, 3.8) is 0 Å². The van der Waals surface area contributed by atoms with Crippen molar-refractivity contribution < 1.29 is 5.11 Å². The fourth-order valence-electron chi connectivity index (χ4n) is 0.821. The molecule has 0 spiro atoms. The number of benzene rings is 1. The van der Waals surface area contributed by atoms with Gasteiger partial charge in [-0.15, -0.1) is 0 Å². The highest BCUT2D eigenvalue weighted by molar-refractivity contribution is 5.62. The Kier molecular flexibility index (Phi) is 2.16. The molecule has 0 heterocycles. The van der Waals surface area contributed by atoms with Crippen LogP contribution in [0, 0.1) is 0 Å². The molecule has 0 atom stereocenters. The molecule has 0 unspecified atom stereocenters. The molecule has 58 valence electrons. The fraction of sp³-hybridized carbons (Fsp3) is 0.111. The van der Waals surface area contributed by atoms with E-state index in [-0.39, 0.29) is 5.75 Å². The molecule has 3 N–H and O–H groups in total. The summed E-state index contributed by atoms with van der Waals surface area (Å²) in [7, 11) is 0. The molecule has 11 heavy (non-hydrogen) atoms. The molecule has 2 nitrogen and oxygen atoms in total. The average Bonchev–Trinajstić information content (AvgIpc) is 2.05. The monoisotopic (exact) mass is 149 g/mol. The molecule has 0 saturated carbocycles. The molecule has 0 radical (unpaired) electrons. The zero-order valence-electron chi connectivity index (χ0n) is 6.41. The number of phenolic OH excluding ortho intramolecular Hbond substituents is 1. The van der Waals surface area contributed by atoms with Gasteiger partial charge in [-0.05, 0) is 36.8 Å². The van der Waals surface area contributed by atoms with E-state index in [1.54, 1.807) is 24.3 Å². The summed E-state index contributed by atoms with van der Waals surface area (Å²) in [6.45, 7) is 1.88. The van der Waals surface area contributed by atoms with Crippen molar-refractivity contribution >= 4 is 5.70 Å². The van der Waals surface area contributed by atoms with Crippen molar-refractivity contribution in [2.75, 3.05) is 0 Å². The summed E-state index contributed by atoms with van der Waals surface area (Å²) in [5, 5.41) is 8.95. The summed E-state index contributed by atoms with van der Waals surface area (Å²) < 4.78 is 0. The van der Waals surface area contributed by atoms with Gasteiger partial charge in [0, 0.05) is 5.70 Å². The largest absolute Gasteiger partial charge is 0.508 e. The van der Waals surface area contributed by atoms with Gasteiger partial charge >= 0.3 is 0 Å². The number of hydrogen-bond donors (Lipinski definition) is 2. The molecule has 0 amide bonds. The van der Waals surface area contributed by atoms with Crippen molar-refractivity contribution in [2.45, 2.75) is 6.92 Å². The standard InChI is InChI=1S/C9H11NO/c1-2-9(10)7-3-5-8(11)6-4-7/h2-6,11H,10H2,1H3/b9-2-. The second-order valence-electron chi connectivity index (χ2n) is 2.29. The molecule has 1 rings (SSSR count). The summed E-state index contributed by atoms with van der Waals surface area (Å²) in [5.41, 5.74) is 7.29. The maximum absolute atomic E-state index is 8.95. The Labute approximate surface area is 66.0 Å². The highest BCUT2D eigenvalue weighted by Crippen LogP contribution is 2.13. The Morgan fingerprint density at radius 3 is 2.36 bits per heavy atom. The summed E-state index contributed by atoms with van der Waals surface area (Å²) in [5.74, 6) is 0.262. The fourth-order valence-corrected chi connectivity index (χ4v) is 0.821. The first kappa shape index (κ1) is 7.66. The number of rotatable bonds is 1. The third kappa shape index (κ3) is 1.74. The first-order valence-corrected chi connectivity index (χ1v) is 3.45. The van der Waals surface area contributed by atoms with Crippen molar-refractivity contribution in [3.8, 4) is 5.75 Å². The lowest BCUT2D eigenvalue weighted by atomic mass is 10.1. The third-order valence-corrected chi connectivity index (χ3v) is 1.51. The summed E-state index contributed by atoms with van der Waals surface area (Å²) in [6, 6.07) is 6.80. The van der Waals surface area contributed by atoms with E-state index < -0.39 is 0 Å². The van der Waals surface area contributed by atoms with Gasteiger partial charge in [-0.3, -0.25) is 0 Å². The van der Waals surface area contributed by atoms with Crippen LogP contribution in [0.3, 0.4) is 0 Å². The van der Waals surface area contributed by atoms with E-state index in [2.05, 4.69) is 0 Å². The summed E-state index contributed by atoms with van der Waals surface area (Å²) in [6.07, 6.45) is 1.83. The van der Waals surface area contributed by atoms with Crippen LogP contribution in [-0.4, -0.2) is 5.11 Å². The molecule has 0 aliphatic rings. The Balaban J connectivity index is 2.99. The number of allylic oxidation sites excluding steroid dienone is 1. The second-order valence-corrected chi connectivity index (χ2v) is 2.29. The highest BCUT2D eigenvalue weighted by Gasteiger charge is 1.93. The van der Waals surface area contributed by atoms with Crippen LogP contribution in [0.1, 0.15) is 12.5 Å². The van der Waals surface area contributed by atoms with Gasteiger partial charge in [-0.1, -0.05) is 6.08 Å². The smallest absolute Gasteiger partial charge is 0.115 e. The molecule has 2 heteroatoms. The molecular formula is C9H11NO. The lowest BCUT2D eigenvalue weighted by molar-refractivity contribution is 0.475. The number of phenols is 1. The van der Waals surface area contributed by atoms with E-state index in [1.165, 1.54) is 0 Å². The lowest BCUT2D eigenvalue weighted by Crippen LogP contribution is -1.94. The van der Waals surface area contributed by atoms with Gasteiger partial charge < -0.3 is 10.8 Å². The van der Waals surface area contributed by atoms with Crippen LogP contribution in [-0.2, 0) is 0 Å². The number of aromatic hydroxyl groups is 1. The first-order valence-electron chi connectivity index (χ1n) is 3.45. The predicted molar refractivity (Wildman–Crippen MR) is 45.9 cm³/mol. The third-order valence-electron chi connectivity index (χ3n) is 1.51. The highest BCUT2D eigenvalue weighted by atomic mass is 16.3. The normalized spacial score (nSPS) is 11.5. The van der Waals surface area contributed by atoms with Gasteiger partial charge in [-0.25, -0.2) is 0 Å². The molecule has 0 aliphatic heterocycles. The van der Waals surface area contributed by atoms with Crippen molar-refractivity contribution in [1.29, 1.82) is 0 Å². The number of nitrogens with two attached hydrogens (primary N) is 1. The second kappa shape index (κ2) is 3.10. The summed E-state index contributed by atoms with van der Waals surface area (Å²) >= 11 is 0. The van der Waals surface area contributed by atoms with E-state index in [0.717, 1.165) is 11.3 Å². The average molecular weight is 149 g/mol. The maximum Gasteiger partial charge on any atom is 0.115 e. The molecule has 0 aromatic heterocycles. The Morgan fingerprint density at radius 1 is 1.36 bits per heavy atom. The molecule has 1 aromatic carbocycles. The van der Waals surface area contributed by atoms with Crippen LogP contribution in [0.2, 0.25) is 0 Å². The van der Waals surface area contributed by atoms with Gasteiger partial charge in [0.1, 0.15) is 5.75 Å². The van der Waals surface area contributed by atoms with Crippen LogP contribution in [0.4, 0.5) is 0 Å². The Morgan fingerprint density at radius 2 is 1.91 bits per heavy atom. The minimum Gasteiger partial charge on any atom is -0.508 e. The van der Waals surface area contributed by atoms with Crippen molar-refractivity contribution in [2.24, 2.45) is 5.73 Å². The van der Waals surface area contributed by atoms with Crippen molar-refractivity contribution in [3.05, 3.63) is 35.9 Å². The van der Waals surface area contributed by atoms with E-state index in [9.17, 15) is 0 Å². The van der Waals surface area contributed by atoms with E-state index in [0.29, 0.717) is 0 Å². The molecular weight excluding hydrogens is 138 g/mol. The molecule has 0 bridgehead atoms. The van der Waals surface area contributed by atoms with Crippen LogP contribution >= 0.6 is 0 Å². The molecule has 1 aromatic rings. The zero-order chi connectivity index (χ0) is 8.27. The maximum atomic E-state index is 8.95. The Bertz CT molecular complexity index is 261. The van der Waals surface area contributed by atoms with Crippen LogP contribution in [0.25, 0.3) is 5.70 Å². The van der Waals surface area contributed by atoms with Crippen molar-refractivity contribution in [1.82, 2.24) is 0 Å². The minimum atomic E-state index is 0.262. The predicted octanol–water partition coefficient (Wildman–Crippen LogP) is 1.71. The van der Waals surface area contributed by atoms with Crippen LogP contribution in [0.5, 0.6) is 5.75 Å². The first-order chi connectivity index (χ1) is 5.24. The van der Waals surface area contributed by atoms with Gasteiger partial charge in [0.05, 0.1) is 0 Å². The minimum absolute atomic E-state index is 0.262. The molecule has 0 fully saturated rings. The molecule has 0 aliphatic carbocycles. The quantitative estimate of drug-likeness (QED) is 0.638. The summed E-state index contributed by atoms with van der Waals surface area (Å²) in [4.78, 5) is 0. The SMILES string of the molecule is C/C=C(\N)c1ccc(O)cc1. The lowest BCUT2D eigenvalue weighted by Gasteiger charge is -1.99. The van der Waals surface area contributed by atoms with Crippen LogP contribution in [0.15, 0.2) is 30.3 Å². The van der Waals surface area contributed by atoms with Gasteiger partial charge in [0.15, 0.2) is 0 Å². The van der Waals surface area contributed by atoms with E-state index in [1.807, 2.05) is 13.0 Å².